The van der Waals surface area contributed by atoms with Gasteiger partial charge < -0.3 is 15.0 Å². The highest BCUT2D eigenvalue weighted by molar-refractivity contribution is 6.30. The summed E-state index contributed by atoms with van der Waals surface area (Å²) in [4.78, 5) is 8.04. The van der Waals surface area contributed by atoms with E-state index in [9.17, 15) is 0 Å². The third-order valence-corrected chi connectivity index (χ3v) is 3.33. The number of nitrogen functional groups attached to an aromatic ring is 1. The Morgan fingerprint density at radius 2 is 2.14 bits per heavy atom. The molecule has 0 bridgehead atoms. The molecule has 0 aliphatic heterocycles. The lowest BCUT2D eigenvalue weighted by atomic mass is 10.1. The van der Waals surface area contributed by atoms with Crippen molar-refractivity contribution in [2.45, 2.75) is 0 Å². The van der Waals surface area contributed by atoms with E-state index in [0.29, 0.717) is 5.69 Å². The molecule has 3 aromatic rings. The second-order valence-corrected chi connectivity index (χ2v) is 4.82. The fourth-order valence-electron chi connectivity index (χ4n) is 2.23. The quantitative estimate of drug-likeness (QED) is 0.530. The van der Waals surface area contributed by atoms with Crippen LogP contribution in [-0.4, -0.2) is 29.5 Å². The largest absolute Gasteiger partial charge is 0.497 e. The highest BCUT2D eigenvalue weighted by atomic mass is 16.5. The van der Waals surface area contributed by atoms with Gasteiger partial charge in [-0.2, -0.15) is 0 Å². The number of nitrogens with zero attached hydrogens (tertiary/aromatic N) is 3. The van der Waals surface area contributed by atoms with Gasteiger partial charge in [0.1, 0.15) is 13.6 Å². The highest BCUT2D eigenvalue weighted by Crippen LogP contribution is 2.24. The minimum atomic E-state index is 0.263. The SMILES string of the molecule is [B]c1cnc(N)c(C#Cc2cn(C)c3ccc(OC)cc23)n1. The van der Waals surface area contributed by atoms with Gasteiger partial charge in [0.15, 0.2) is 11.5 Å². The van der Waals surface area contributed by atoms with Crippen LogP contribution in [0.5, 0.6) is 5.75 Å². The number of aromatic nitrogens is 3. The van der Waals surface area contributed by atoms with Crippen molar-refractivity contribution in [2.75, 3.05) is 12.8 Å². The lowest BCUT2D eigenvalue weighted by Crippen LogP contribution is -2.13. The van der Waals surface area contributed by atoms with Gasteiger partial charge in [-0.25, -0.2) is 4.98 Å². The van der Waals surface area contributed by atoms with Crippen molar-refractivity contribution >= 4 is 30.2 Å². The van der Waals surface area contributed by atoms with Gasteiger partial charge in [0, 0.05) is 35.9 Å². The Kier molecular flexibility index (Phi) is 3.47. The van der Waals surface area contributed by atoms with Gasteiger partial charge in [-0.1, -0.05) is 5.92 Å². The Morgan fingerprint density at radius 3 is 2.91 bits per heavy atom. The molecule has 0 fully saturated rings. The molecule has 2 radical (unpaired) electrons. The van der Waals surface area contributed by atoms with Gasteiger partial charge in [0.05, 0.1) is 12.7 Å². The average molecular weight is 288 g/mol. The van der Waals surface area contributed by atoms with E-state index >= 15 is 0 Å². The Bertz CT molecular complexity index is 921. The number of nitrogens with two attached hydrogens (primary N) is 1. The van der Waals surface area contributed by atoms with E-state index in [1.165, 1.54) is 6.20 Å². The molecule has 6 heteroatoms. The van der Waals surface area contributed by atoms with Crippen LogP contribution in [0.15, 0.2) is 30.6 Å². The third kappa shape index (κ3) is 2.49. The summed E-state index contributed by atoms with van der Waals surface area (Å²) in [6.45, 7) is 0. The zero-order valence-corrected chi connectivity index (χ0v) is 12.3. The van der Waals surface area contributed by atoms with E-state index < -0.39 is 0 Å². The number of fused-ring (bicyclic) bond motifs is 1. The summed E-state index contributed by atoms with van der Waals surface area (Å²) in [5, 5.41) is 1.00. The normalized spacial score (nSPS) is 10.3. The number of aryl methyl sites for hydroxylation is 1. The predicted molar refractivity (Wildman–Crippen MR) is 87.3 cm³/mol. The van der Waals surface area contributed by atoms with Gasteiger partial charge >= 0.3 is 0 Å². The van der Waals surface area contributed by atoms with Crippen molar-refractivity contribution in [3.05, 3.63) is 41.9 Å². The molecule has 5 nitrogen and oxygen atoms in total. The van der Waals surface area contributed by atoms with Crippen molar-refractivity contribution in [3.8, 4) is 17.6 Å². The fraction of sp³-hybridized carbons (Fsp3) is 0.125. The van der Waals surface area contributed by atoms with Crippen LogP contribution in [0.1, 0.15) is 11.3 Å². The van der Waals surface area contributed by atoms with E-state index in [1.807, 2.05) is 36.0 Å². The minimum absolute atomic E-state index is 0.263. The molecule has 22 heavy (non-hydrogen) atoms. The van der Waals surface area contributed by atoms with Crippen LogP contribution in [0.3, 0.4) is 0 Å². The standard InChI is InChI=1S/C16H13BN4O/c1-21-9-10(12-7-11(22-2)4-6-14(12)21)3-5-13-16(18)19-8-15(17)20-13/h4,6-9H,1-2H3,(H2,18,19). The van der Waals surface area contributed by atoms with Crippen molar-refractivity contribution in [1.29, 1.82) is 0 Å². The predicted octanol–water partition coefficient (Wildman–Crippen LogP) is 0.753. The Morgan fingerprint density at radius 1 is 1.32 bits per heavy atom. The highest BCUT2D eigenvalue weighted by Gasteiger charge is 2.06. The lowest BCUT2D eigenvalue weighted by molar-refractivity contribution is 0.415. The molecule has 2 aromatic heterocycles. The van der Waals surface area contributed by atoms with Gasteiger partial charge in [-0.3, -0.25) is 4.98 Å². The molecule has 0 aliphatic carbocycles. The monoisotopic (exact) mass is 288 g/mol. The number of methoxy groups -OCH3 is 1. The van der Waals surface area contributed by atoms with E-state index in [-0.39, 0.29) is 11.4 Å². The van der Waals surface area contributed by atoms with Crippen LogP contribution in [-0.2, 0) is 7.05 Å². The molecule has 0 atom stereocenters. The van der Waals surface area contributed by atoms with Crippen molar-refractivity contribution in [2.24, 2.45) is 7.05 Å². The first kappa shape index (κ1) is 14.0. The van der Waals surface area contributed by atoms with Crippen LogP contribution < -0.4 is 16.1 Å². The van der Waals surface area contributed by atoms with E-state index in [2.05, 4.69) is 21.8 Å². The summed E-state index contributed by atoms with van der Waals surface area (Å²) in [6.07, 6.45) is 3.36. The van der Waals surface area contributed by atoms with Gasteiger partial charge in [-0.15, -0.1) is 0 Å². The summed E-state index contributed by atoms with van der Waals surface area (Å²) >= 11 is 0. The van der Waals surface area contributed by atoms with Crippen molar-refractivity contribution < 1.29 is 4.74 Å². The van der Waals surface area contributed by atoms with Gasteiger partial charge in [0.25, 0.3) is 0 Å². The maximum atomic E-state index is 5.76. The smallest absolute Gasteiger partial charge is 0.158 e. The van der Waals surface area contributed by atoms with Crippen LogP contribution in [0.25, 0.3) is 10.9 Å². The van der Waals surface area contributed by atoms with E-state index in [0.717, 1.165) is 22.2 Å². The number of hydrogen-bond donors (Lipinski definition) is 1. The Balaban J connectivity index is 2.12. The summed E-state index contributed by atoms with van der Waals surface area (Å²) in [7, 11) is 9.22. The van der Waals surface area contributed by atoms with Gasteiger partial charge in [-0.05, 0) is 24.1 Å². The summed E-state index contributed by atoms with van der Waals surface area (Å²) in [5.74, 6) is 7.06. The first-order valence-electron chi connectivity index (χ1n) is 6.61. The second-order valence-electron chi connectivity index (χ2n) is 4.82. The maximum absolute atomic E-state index is 5.76. The van der Waals surface area contributed by atoms with E-state index in [4.69, 9.17) is 18.3 Å². The van der Waals surface area contributed by atoms with Gasteiger partial charge in [0.2, 0.25) is 0 Å². The van der Waals surface area contributed by atoms with Crippen LogP contribution >= 0.6 is 0 Å². The number of hydrogen-bond acceptors (Lipinski definition) is 4. The van der Waals surface area contributed by atoms with Crippen LogP contribution in [0, 0.1) is 11.8 Å². The summed E-state index contributed by atoms with van der Waals surface area (Å²) < 4.78 is 7.27. The maximum Gasteiger partial charge on any atom is 0.158 e. The third-order valence-electron chi connectivity index (χ3n) is 3.33. The first-order chi connectivity index (χ1) is 10.6. The molecular formula is C16H13BN4O. The molecule has 3 rings (SSSR count). The molecule has 0 aliphatic rings. The summed E-state index contributed by atoms with van der Waals surface area (Å²) in [5.41, 5.74) is 8.35. The van der Waals surface area contributed by atoms with Crippen LogP contribution in [0.2, 0.25) is 0 Å². The molecule has 2 heterocycles. The molecule has 0 amide bonds. The molecule has 0 saturated carbocycles. The summed E-state index contributed by atoms with van der Waals surface area (Å²) in [6, 6.07) is 5.86. The number of benzene rings is 1. The molecular weight excluding hydrogens is 275 g/mol. The number of ether oxygens (including phenoxy) is 1. The molecule has 0 saturated heterocycles. The second kappa shape index (κ2) is 5.45. The molecule has 2 N–H and O–H groups in total. The zero-order valence-electron chi connectivity index (χ0n) is 12.3. The number of anilines is 1. The van der Waals surface area contributed by atoms with Crippen LogP contribution in [0.4, 0.5) is 5.82 Å². The Labute approximate surface area is 129 Å². The molecule has 106 valence electrons. The zero-order chi connectivity index (χ0) is 15.7. The molecule has 0 spiro atoms. The van der Waals surface area contributed by atoms with Crippen molar-refractivity contribution in [1.82, 2.24) is 14.5 Å². The first-order valence-corrected chi connectivity index (χ1v) is 6.61. The topological polar surface area (TPSA) is 66.0 Å². The fourth-order valence-corrected chi connectivity index (χ4v) is 2.23. The molecule has 0 unspecified atom stereocenters. The average Bonchev–Trinajstić information content (AvgIpc) is 2.84. The molecule has 1 aromatic carbocycles. The lowest BCUT2D eigenvalue weighted by Gasteiger charge is -2.00. The minimum Gasteiger partial charge on any atom is -0.497 e. The van der Waals surface area contributed by atoms with Crippen molar-refractivity contribution in [3.63, 3.8) is 0 Å². The Hall–Kier alpha value is -2.94. The van der Waals surface area contributed by atoms with E-state index in [1.54, 1.807) is 7.11 Å². The number of rotatable bonds is 1.